The molecule has 0 aromatic heterocycles. The zero-order valence-electron chi connectivity index (χ0n) is 11.5. The van der Waals surface area contributed by atoms with Crippen LogP contribution in [0.1, 0.15) is 64.7 Å². The van der Waals surface area contributed by atoms with Crippen LogP contribution < -0.4 is 10.6 Å². The van der Waals surface area contributed by atoms with E-state index in [1.165, 1.54) is 19.3 Å². The average Bonchev–Trinajstić information content (AvgIpc) is 2.86. The monoisotopic (exact) mass is 254 g/mol. The Bertz CT molecular complexity index is 261. The third-order valence-corrected chi connectivity index (χ3v) is 3.46. The van der Waals surface area contributed by atoms with E-state index < -0.39 is 11.8 Å². The summed E-state index contributed by atoms with van der Waals surface area (Å²) in [7, 11) is 0. The van der Waals surface area contributed by atoms with Crippen LogP contribution in [0, 0.1) is 0 Å². The highest BCUT2D eigenvalue weighted by atomic mass is 16.2. The minimum atomic E-state index is -0.475. The topological polar surface area (TPSA) is 58.2 Å². The minimum Gasteiger partial charge on any atom is -0.348 e. The fourth-order valence-corrected chi connectivity index (χ4v) is 2.33. The number of carbonyl (C=O) groups is 2. The zero-order valence-corrected chi connectivity index (χ0v) is 11.5. The van der Waals surface area contributed by atoms with Crippen molar-refractivity contribution >= 4 is 11.8 Å². The van der Waals surface area contributed by atoms with Crippen molar-refractivity contribution < 1.29 is 9.59 Å². The molecule has 0 radical (unpaired) electrons. The van der Waals surface area contributed by atoms with Gasteiger partial charge >= 0.3 is 11.8 Å². The molecule has 1 fully saturated rings. The summed E-state index contributed by atoms with van der Waals surface area (Å²) < 4.78 is 0. The minimum absolute atomic E-state index is 0.216. The molecule has 4 nitrogen and oxygen atoms in total. The first-order chi connectivity index (χ1) is 8.74. The van der Waals surface area contributed by atoms with Gasteiger partial charge in [0.05, 0.1) is 0 Å². The molecular weight excluding hydrogens is 228 g/mol. The second kappa shape index (κ2) is 8.95. The third-order valence-electron chi connectivity index (χ3n) is 3.46. The summed E-state index contributed by atoms with van der Waals surface area (Å²) in [5, 5.41) is 5.47. The second-order valence-corrected chi connectivity index (χ2v) is 5.12. The first-order valence-corrected chi connectivity index (χ1v) is 7.32. The summed E-state index contributed by atoms with van der Waals surface area (Å²) in [6.07, 6.45) is 10.1. The molecule has 104 valence electrons. The second-order valence-electron chi connectivity index (χ2n) is 5.12. The van der Waals surface area contributed by atoms with E-state index >= 15 is 0 Å². The van der Waals surface area contributed by atoms with Crippen LogP contribution in [0.3, 0.4) is 0 Å². The predicted molar refractivity (Wildman–Crippen MR) is 72.2 cm³/mol. The molecule has 1 aliphatic rings. The SMILES string of the molecule is CCCCCCCNC(=O)C(=O)NC1CCCC1. The molecule has 0 heterocycles. The van der Waals surface area contributed by atoms with Gasteiger partial charge in [0.1, 0.15) is 0 Å². The number of nitrogens with one attached hydrogen (secondary N) is 2. The Balaban J connectivity index is 2.02. The van der Waals surface area contributed by atoms with E-state index in [4.69, 9.17) is 0 Å². The highest BCUT2D eigenvalue weighted by molar-refractivity contribution is 6.35. The van der Waals surface area contributed by atoms with Crippen molar-refractivity contribution in [3.8, 4) is 0 Å². The molecule has 0 aromatic rings. The van der Waals surface area contributed by atoms with E-state index in [1.807, 2.05) is 0 Å². The Hall–Kier alpha value is -1.06. The largest absolute Gasteiger partial charge is 0.348 e. The van der Waals surface area contributed by atoms with Gasteiger partial charge in [-0.1, -0.05) is 45.4 Å². The van der Waals surface area contributed by atoms with Crippen LogP contribution in [0.25, 0.3) is 0 Å². The van der Waals surface area contributed by atoms with Gasteiger partial charge < -0.3 is 10.6 Å². The quantitative estimate of drug-likeness (QED) is 0.540. The normalized spacial score (nSPS) is 15.6. The van der Waals surface area contributed by atoms with Crippen LogP contribution >= 0.6 is 0 Å². The highest BCUT2D eigenvalue weighted by Crippen LogP contribution is 2.17. The van der Waals surface area contributed by atoms with Crippen molar-refractivity contribution in [2.45, 2.75) is 70.8 Å². The van der Waals surface area contributed by atoms with Gasteiger partial charge in [0.15, 0.2) is 0 Å². The standard InChI is InChI=1S/C14H26N2O2/c1-2-3-4-5-8-11-15-13(17)14(18)16-12-9-6-7-10-12/h12H,2-11H2,1H3,(H,15,17)(H,16,18). The van der Waals surface area contributed by atoms with Gasteiger partial charge in [-0.15, -0.1) is 0 Å². The summed E-state index contributed by atoms with van der Waals surface area (Å²) >= 11 is 0. The molecule has 0 aromatic carbocycles. The van der Waals surface area contributed by atoms with Gasteiger partial charge in [0.25, 0.3) is 0 Å². The summed E-state index contributed by atoms with van der Waals surface area (Å²) in [5.41, 5.74) is 0. The molecule has 0 unspecified atom stereocenters. The predicted octanol–water partition coefficient (Wildman–Crippen LogP) is 2.13. The smallest absolute Gasteiger partial charge is 0.309 e. The van der Waals surface area contributed by atoms with Crippen molar-refractivity contribution in [3.63, 3.8) is 0 Å². The molecule has 1 saturated carbocycles. The molecule has 2 N–H and O–H groups in total. The maximum absolute atomic E-state index is 11.5. The van der Waals surface area contributed by atoms with Crippen LogP contribution in [0.2, 0.25) is 0 Å². The van der Waals surface area contributed by atoms with Crippen molar-refractivity contribution in [1.82, 2.24) is 10.6 Å². The Morgan fingerprint density at radius 3 is 2.33 bits per heavy atom. The molecule has 18 heavy (non-hydrogen) atoms. The van der Waals surface area contributed by atoms with Crippen molar-refractivity contribution in [3.05, 3.63) is 0 Å². The van der Waals surface area contributed by atoms with Crippen molar-refractivity contribution in [2.24, 2.45) is 0 Å². The Kier molecular flexibility index (Phi) is 7.46. The van der Waals surface area contributed by atoms with Gasteiger partial charge in [-0.05, 0) is 19.3 Å². The number of carbonyl (C=O) groups excluding carboxylic acids is 2. The van der Waals surface area contributed by atoms with E-state index in [9.17, 15) is 9.59 Å². The Morgan fingerprint density at radius 1 is 1.00 bits per heavy atom. The maximum atomic E-state index is 11.5. The fourth-order valence-electron chi connectivity index (χ4n) is 2.33. The molecule has 0 spiro atoms. The van der Waals surface area contributed by atoms with Crippen LogP contribution in [-0.2, 0) is 9.59 Å². The van der Waals surface area contributed by atoms with E-state index in [0.717, 1.165) is 38.5 Å². The zero-order chi connectivity index (χ0) is 13.2. The van der Waals surface area contributed by atoms with E-state index in [-0.39, 0.29) is 6.04 Å². The van der Waals surface area contributed by atoms with E-state index in [2.05, 4.69) is 17.6 Å². The summed E-state index contributed by atoms with van der Waals surface area (Å²) in [4.78, 5) is 23.0. The highest BCUT2D eigenvalue weighted by Gasteiger charge is 2.20. The first kappa shape index (κ1) is 15.0. The Morgan fingerprint density at radius 2 is 1.67 bits per heavy atom. The molecule has 1 rings (SSSR count). The van der Waals surface area contributed by atoms with Gasteiger partial charge in [-0.25, -0.2) is 0 Å². The van der Waals surface area contributed by atoms with Crippen molar-refractivity contribution in [1.29, 1.82) is 0 Å². The van der Waals surface area contributed by atoms with Crippen LogP contribution in [0.5, 0.6) is 0 Å². The van der Waals surface area contributed by atoms with Crippen LogP contribution in [-0.4, -0.2) is 24.4 Å². The lowest BCUT2D eigenvalue weighted by Gasteiger charge is -2.11. The summed E-state index contributed by atoms with van der Waals surface area (Å²) in [5.74, 6) is -0.937. The fraction of sp³-hybridized carbons (Fsp3) is 0.857. The molecule has 4 heteroatoms. The van der Waals surface area contributed by atoms with Crippen LogP contribution in [0.15, 0.2) is 0 Å². The molecule has 0 saturated heterocycles. The van der Waals surface area contributed by atoms with E-state index in [0.29, 0.717) is 6.54 Å². The average molecular weight is 254 g/mol. The van der Waals surface area contributed by atoms with Gasteiger partial charge in [-0.2, -0.15) is 0 Å². The lowest BCUT2D eigenvalue weighted by atomic mass is 10.1. The van der Waals surface area contributed by atoms with Crippen molar-refractivity contribution in [2.75, 3.05) is 6.54 Å². The lowest BCUT2D eigenvalue weighted by Crippen LogP contribution is -2.43. The lowest BCUT2D eigenvalue weighted by molar-refractivity contribution is -0.139. The Labute approximate surface area is 110 Å². The van der Waals surface area contributed by atoms with Crippen LogP contribution in [0.4, 0.5) is 0 Å². The van der Waals surface area contributed by atoms with Gasteiger partial charge in [-0.3, -0.25) is 9.59 Å². The number of hydrogen-bond donors (Lipinski definition) is 2. The summed E-state index contributed by atoms with van der Waals surface area (Å²) in [6, 6.07) is 0.216. The number of hydrogen-bond acceptors (Lipinski definition) is 2. The molecule has 1 aliphatic carbocycles. The maximum Gasteiger partial charge on any atom is 0.309 e. The molecule has 0 atom stereocenters. The molecule has 0 aliphatic heterocycles. The summed E-state index contributed by atoms with van der Waals surface area (Å²) in [6.45, 7) is 2.79. The number of unbranched alkanes of at least 4 members (excludes halogenated alkanes) is 4. The number of amides is 2. The first-order valence-electron chi connectivity index (χ1n) is 7.32. The molecular formula is C14H26N2O2. The third kappa shape index (κ3) is 6.03. The molecule has 0 bridgehead atoms. The van der Waals surface area contributed by atoms with E-state index in [1.54, 1.807) is 0 Å². The molecule has 2 amide bonds. The van der Waals surface area contributed by atoms with Gasteiger partial charge in [0, 0.05) is 12.6 Å². The number of rotatable bonds is 7. The van der Waals surface area contributed by atoms with Gasteiger partial charge in [0.2, 0.25) is 0 Å².